The topological polar surface area (TPSA) is 72.5 Å². The van der Waals surface area contributed by atoms with Crippen LogP contribution in [-0.4, -0.2) is 39.0 Å². The SMILES string of the molecule is O=C(CC1CCS(=O)(=O)CC1)NC[C@@H]1COc2ccccc2C1. The summed E-state index contributed by atoms with van der Waals surface area (Å²) in [7, 11) is -2.86. The molecule has 1 N–H and O–H groups in total. The first kappa shape index (κ1) is 16.3. The standard InChI is InChI=1S/C17H23NO4S/c19-17(10-13-5-7-23(20,21)8-6-13)18-11-14-9-15-3-1-2-4-16(15)22-12-14/h1-4,13-14H,5-12H2,(H,18,19)/t14-/m1/s1. The van der Waals surface area contributed by atoms with E-state index in [0.29, 0.717) is 38.3 Å². The number of amides is 1. The zero-order chi connectivity index (χ0) is 16.3. The molecule has 1 aromatic rings. The molecular weight excluding hydrogens is 314 g/mol. The van der Waals surface area contributed by atoms with Crippen LogP contribution in [0.5, 0.6) is 5.75 Å². The highest BCUT2D eigenvalue weighted by molar-refractivity contribution is 7.91. The fourth-order valence-electron chi connectivity index (χ4n) is 3.26. The maximum atomic E-state index is 12.1. The van der Waals surface area contributed by atoms with Crippen molar-refractivity contribution in [2.75, 3.05) is 24.7 Å². The van der Waals surface area contributed by atoms with Gasteiger partial charge in [-0.3, -0.25) is 4.79 Å². The number of carbonyl (C=O) groups excluding carboxylic acids is 1. The summed E-state index contributed by atoms with van der Waals surface area (Å²) in [4.78, 5) is 12.1. The van der Waals surface area contributed by atoms with Gasteiger partial charge in [0.25, 0.3) is 0 Å². The minimum absolute atomic E-state index is 0.0214. The quantitative estimate of drug-likeness (QED) is 0.905. The van der Waals surface area contributed by atoms with Crippen LogP contribution in [0.2, 0.25) is 0 Å². The third-order valence-corrected chi connectivity index (χ3v) is 6.41. The van der Waals surface area contributed by atoms with Crippen LogP contribution in [-0.2, 0) is 21.1 Å². The number of rotatable bonds is 4. The molecular formula is C17H23NO4S. The second-order valence-electron chi connectivity index (χ2n) is 6.59. The fraction of sp³-hybridized carbons (Fsp3) is 0.588. The van der Waals surface area contributed by atoms with E-state index in [1.54, 1.807) is 0 Å². The van der Waals surface area contributed by atoms with E-state index in [1.807, 2.05) is 18.2 Å². The summed E-state index contributed by atoms with van der Waals surface area (Å²) in [6.45, 7) is 1.23. The van der Waals surface area contributed by atoms with Crippen LogP contribution in [0.25, 0.3) is 0 Å². The van der Waals surface area contributed by atoms with Gasteiger partial charge in [0.2, 0.25) is 5.91 Å². The maximum absolute atomic E-state index is 12.1. The molecule has 2 aliphatic rings. The highest BCUT2D eigenvalue weighted by Gasteiger charge is 2.26. The minimum atomic E-state index is -2.86. The molecule has 1 fully saturated rings. The van der Waals surface area contributed by atoms with Gasteiger partial charge in [-0.25, -0.2) is 8.42 Å². The molecule has 1 saturated heterocycles. The lowest BCUT2D eigenvalue weighted by Crippen LogP contribution is -2.36. The van der Waals surface area contributed by atoms with E-state index < -0.39 is 9.84 Å². The van der Waals surface area contributed by atoms with E-state index in [1.165, 1.54) is 5.56 Å². The highest BCUT2D eigenvalue weighted by Crippen LogP contribution is 2.26. The van der Waals surface area contributed by atoms with Crippen molar-refractivity contribution >= 4 is 15.7 Å². The number of sulfone groups is 1. The summed E-state index contributed by atoms with van der Waals surface area (Å²) in [5.74, 6) is 1.89. The summed E-state index contributed by atoms with van der Waals surface area (Å²) in [5.41, 5.74) is 1.19. The lowest BCUT2D eigenvalue weighted by Gasteiger charge is -2.26. The van der Waals surface area contributed by atoms with Crippen molar-refractivity contribution in [2.24, 2.45) is 11.8 Å². The van der Waals surface area contributed by atoms with Gasteiger partial charge < -0.3 is 10.1 Å². The highest BCUT2D eigenvalue weighted by atomic mass is 32.2. The Morgan fingerprint density at radius 2 is 1.91 bits per heavy atom. The molecule has 0 radical (unpaired) electrons. The molecule has 1 atom stereocenters. The zero-order valence-electron chi connectivity index (χ0n) is 13.2. The number of hydrogen-bond acceptors (Lipinski definition) is 4. The van der Waals surface area contributed by atoms with Gasteiger partial charge in [0.1, 0.15) is 15.6 Å². The lowest BCUT2D eigenvalue weighted by atomic mass is 9.96. The van der Waals surface area contributed by atoms with Crippen molar-refractivity contribution in [1.82, 2.24) is 5.32 Å². The third-order valence-electron chi connectivity index (χ3n) is 4.69. The number of carbonyl (C=O) groups is 1. The van der Waals surface area contributed by atoms with E-state index in [2.05, 4.69) is 11.4 Å². The number of hydrogen-bond donors (Lipinski definition) is 1. The zero-order valence-corrected chi connectivity index (χ0v) is 14.0. The van der Waals surface area contributed by atoms with Gasteiger partial charge in [0.05, 0.1) is 18.1 Å². The molecule has 2 aliphatic heterocycles. The van der Waals surface area contributed by atoms with E-state index >= 15 is 0 Å². The van der Waals surface area contributed by atoms with Crippen LogP contribution in [0.15, 0.2) is 24.3 Å². The fourth-order valence-corrected chi connectivity index (χ4v) is 4.85. The third kappa shape index (κ3) is 4.47. The molecule has 126 valence electrons. The van der Waals surface area contributed by atoms with Crippen molar-refractivity contribution in [3.8, 4) is 5.75 Å². The van der Waals surface area contributed by atoms with E-state index in [-0.39, 0.29) is 23.3 Å². The average Bonchev–Trinajstić information content (AvgIpc) is 2.55. The van der Waals surface area contributed by atoms with Gasteiger partial charge >= 0.3 is 0 Å². The Labute approximate surface area is 137 Å². The van der Waals surface area contributed by atoms with E-state index in [9.17, 15) is 13.2 Å². The summed E-state index contributed by atoms with van der Waals surface area (Å²) in [5, 5.41) is 2.98. The lowest BCUT2D eigenvalue weighted by molar-refractivity contribution is -0.122. The Morgan fingerprint density at radius 1 is 1.17 bits per heavy atom. The second-order valence-corrected chi connectivity index (χ2v) is 8.90. The van der Waals surface area contributed by atoms with Crippen LogP contribution in [0.1, 0.15) is 24.8 Å². The van der Waals surface area contributed by atoms with Gasteiger partial charge in [-0.1, -0.05) is 18.2 Å². The summed E-state index contributed by atoms with van der Waals surface area (Å²) in [6.07, 6.45) is 2.56. The molecule has 0 aromatic heterocycles. The molecule has 0 unspecified atom stereocenters. The summed E-state index contributed by atoms with van der Waals surface area (Å²) < 4.78 is 28.5. The van der Waals surface area contributed by atoms with Crippen molar-refractivity contribution in [2.45, 2.75) is 25.7 Å². The first-order valence-electron chi connectivity index (χ1n) is 8.20. The molecule has 0 saturated carbocycles. The monoisotopic (exact) mass is 337 g/mol. The minimum Gasteiger partial charge on any atom is -0.493 e. The van der Waals surface area contributed by atoms with Crippen LogP contribution >= 0.6 is 0 Å². The first-order chi connectivity index (χ1) is 11.0. The number of benzene rings is 1. The predicted molar refractivity (Wildman–Crippen MR) is 88.1 cm³/mol. The Bertz CT molecular complexity index is 657. The molecule has 23 heavy (non-hydrogen) atoms. The van der Waals surface area contributed by atoms with Gasteiger partial charge in [0, 0.05) is 18.9 Å². The molecule has 1 amide bonds. The van der Waals surface area contributed by atoms with Gasteiger partial charge in [-0.15, -0.1) is 0 Å². The Kier molecular flexibility index (Phi) is 4.90. The first-order valence-corrected chi connectivity index (χ1v) is 10.0. The van der Waals surface area contributed by atoms with E-state index in [0.717, 1.165) is 12.2 Å². The Hall–Kier alpha value is -1.56. The maximum Gasteiger partial charge on any atom is 0.220 e. The van der Waals surface area contributed by atoms with Gasteiger partial charge in [-0.05, 0) is 36.8 Å². The number of para-hydroxylation sites is 1. The predicted octanol–water partition coefficient (Wildman–Crippen LogP) is 1.57. The van der Waals surface area contributed by atoms with Gasteiger partial charge in [-0.2, -0.15) is 0 Å². The van der Waals surface area contributed by atoms with Crippen molar-refractivity contribution in [3.63, 3.8) is 0 Å². The molecule has 5 nitrogen and oxygen atoms in total. The van der Waals surface area contributed by atoms with Crippen LogP contribution in [0, 0.1) is 11.8 Å². The summed E-state index contributed by atoms with van der Waals surface area (Å²) in [6, 6.07) is 8.00. The molecule has 0 spiro atoms. The molecule has 0 bridgehead atoms. The normalized spacial score (nSPS) is 23.6. The Morgan fingerprint density at radius 3 is 2.70 bits per heavy atom. The number of fused-ring (bicyclic) bond motifs is 1. The van der Waals surface area contributed by atoms with Crippen molar-refractivity contribution in [3.05, 3.63) is 29.8 Å². The van der Waals surface area contributed by atoms with Gasteiger partial charge in [0.15, 0.2) is 0 Å². The van der Waals surface area contributed by atoms with Crippen molar-refractivity contribution in [1.29, 1.82) is 0 Å². The summed E-state index contributed by atoms with van der Waals surface area (Å²) >= 11 is 0. The van der Waals surface area contributed by atoms with Crippen molar-refractivity contribution < 1.29 is 17.9 Å². The number of nitrogens with one attached hydrogen (secondary N) is 1. The molecule has 6 heteroatoms. The van der Waals surface area contributed by atoms with E-state index in [4.69, 9.17) is 4.74 Å². The molecule has 2 heterocycles. The molecule has 1 aromatic carbocycles. The Balaban J connectivity index is 1.42. The smallest absolute Gasteiger partial charge is 0.220 e. The number of ether oxygens (including phenoxy) is 1. The molecule has 0 aliphatic carbocycles. The second kappa shape index (κ2) is 6.91. The van der Waals surface area contributed by atoms with Crippen LogP contribution < -0.4 is 10.1 Å². The van der Waals surface area contributed by atoms with Crippen LogP contribution in [0.4, 0.5) is 0 Å². The van der Waals surface area contributed by atoms with Crippen LogP contribution in [0.3, 0.4) is 0 Å². The average molecular weight is 337 g/mol. The molecule has 3 rings (SSSR count). The largest absolute Gasteiger partial charge is 0.493 e.